The Balaban J connectivity index is 2.37. The van der Waals surface area contributed by atoms with Crippen LogP contribution in [0.5, 0.6) is 0 Å². The number of carbonyl (C=O) groups excluding carboxylic acids is 1. The van der Waals surface area contributed by atoms with Gasteiger partial charge in [-0.15, -0.1) is 0 Å². The Kier molecular flexibility index (Phi) is 3.69. The average Bonchev–Trinajstić information content (AvgIpc) is 2.02. The smallest absolute Gasteiger partial charge is 0.305 e. The molecule has 1 aliphatic rings. The molecule has 13 heavy (non-hydrogen) atoms. The first-order chi connectivity index (χ1) is 6.11. The fraction of sp³-hybridized carbons (Fsp3) is 0.889. The van der Waals surface area contributed by atoms with Crippen LogP contribution < -0.4 is 0 Å². The zero-order valence-corrected chi connectivity index (χ0v) is 7.77. The van der Waals surface area contributed by atoms with Gasteiger partial charge in [-0.3, -0.25) is 4.79 Å². The molecule has 0 heterocycles. The van der Waals surface area contributed by atoms with Crippen molar-refractivity contribution in [1.29, 1.82) is 0 Å². The van der Waals surface area contributed by atoms with Gasteiger partial charge < -0.3 is 14.9 Å². The molecule has 76 valence electrons. The topological polar surface area (TPSA) is 66.8 Å². The van der Waals surface area contributed by atoms with Crippen molar-refractivity contribution >= 4 is 5.97 Å². The maximum atomic E-state index is 10.9. The third kappa shape index (κ3) is 3.32. The van der Waals surface area contributed by atoms with Gasteiger partial charge >= 0.3 is 5.97 Å². The number of hydrogen-bond acceptors (Lipinski definition) is 4. The van der Waals surface area contributed by atoms with Crippen LogP contribution in [0.2, 0.25) is 0 Å². The summed E-state index contributed by atoms with van der Waals surface area (Å²) in [5.74, 6) is -0.272. The monoisotopic (exact) mass is 188 g/mol. The van der Waals surface area contributed by atoms with Crippen molar-refractivity contribution in [3.8, 4) is 0 Å². The van der Waals surface area contributed by atoms with E-state index in [4.69, 9.17) is 4.74 Å². The lowest BCUT2D eigenvalue weighted by atomic mass is 9.92. The van der Waals surface area contributed by atoms with E-state index in [-0.39, 0.29) is 12.1 Å². The van der Waals surface area contributed by atoms with Crippen molar-refractivity contribution in [3.63, 3.8) is 0 Å². The number of aliphatic hydroxyl groups excluding tert-OH is 2. The second kappa shape index (κ2) is 4.58. The average molecular weight is 188 g/mol. The molecule has 0 aromatic heterocycles. The van der Waals surface area contributed by atoms with Crippen LogP contribution in [0.25, 0.3) is 0 Å². The van der Waals surface area contributed by atoms with Gasteiger partial charge in [0.05, 0.1) is 12.2 Å². The van der Waals surface area contributed by atoms with Crippen LogP contribution in [-0.4, -0.2) is 34.5 Å². The van der Waals surface area contributed by atoms with Gasteiger partial charge in [0, 0.05) is 19.3 Å². The lowest BCUT2D eigenvalue weighted by Crippen LogP contribution is -2.35. The lowest BCUT2D eigenvalue weighted by Gasteiger charge is -2.29. The largest absolute Gasteiger partial charge is 0.462 e. The number of rotatable bonds is 2. The minimum absolute atomic E-state index is 0.272. The highest BCUT2D eigenvalue weighted by atomic mass is 16.5. The van der Waals surface area contributed by atoms with Crippen LogP contribution in [0.4, 0.5) is 0 Å². The molecule has 4 heteroatoms. The molecular weight excluding hydrogens is 172 g/mol. The number of aliphatic hydroxyl groups is 2. The summed E-state index contributed by atoms with van der Waals surface area (Å²) in [5.41, 5.74) is 0. The lowest BCUT2D eigenvalue weighted by molar-refractivity contribution is -0.154. The summed E-state index contributed by atoms with van der Waals surface area (Å²) in [7, 11) is 0. The molecule has 0 aromatic carbocycles. The van der Waals surface area contributed by atoms with Crippen molar-refractivity contribution < 1.29 is 19.7 Å². The molecule has 1 rings (SSSR count). The fourth-order valence-corrected chi connectivity index (χ4v) is 1.58. The molecular formula is C9H16O4. The van der Waals surface area contributed by atoms with Gasteiger partial charge in [-0.2, -0.15) is 0 Å². The molecule has 1 fully saturated rings. The second-order valence-corrected chi connectivity index (χ2v) is 3.48. The van der Waals surface area contributed by atoms with Crippen LogP contribution in [0.1, 0.15) is 32.6 Å². The molecule has 0 aliphatic heterocycles. The van der Waals surface area contributed by atoms with Gasteiger partial charge in [0.15, 0.2) is 0 Å². The summed E-state index contributed by atoms with van der Waals surface area (Å²) in [6, 6.07) is 0. The highest BCUT2D eigenvalue weighted by molar-refractivity contribution is 5.69. The molecule has 0 bridgehead atoms. The van der Waals surface area contributed by atoms with Crippen molar-refractivity contribution in [2.75, 3.05) is 0 Å². The third-order valence-corrected chi connectivity index (χ3v) is 2.20. The van der Waals surface area contributed by atoms with E-state index >= 15 is 0 Å². The Morgan fingerprint density at radius 3 is 2.31 bits per heavy atom. The van der Waals surface area contributed by atoms with E-state index in [9.17, 15) is 15.0 Å². The molecule has 0 spiro atoms. The van der Waals surface area contributed by atoms with Crippen molar-refractivity contribution in [2.45, 2.75) is 50.9 Å². The van der Waals surface area contributed by atoms with Gasteiger partial charge in [-0.1, -0.05) is 6.92 Å². The highest BCUT2D eigenvalue weighted by Crippen LogP contribution is 2.21. The van der Waals surface area contributed by atoms with Crippen molar-refractivity contribution in [3.05, 3.63) is 0 Å². The van der Waals surface area contributed by atoms with Gasteiger partial charge in [0.1, 0.15) is 6.10 Å². The van der Waals surface area contributed by atoms with Gasteiger partial charge in [-0.25, -0.2) is 0 Å². The minimum atomic E-state index is -0.543. The summed E-state index contributed by atoms with van der Waals surface area (Å²) in [6.07, 6.45) is 0.220. The van der Waals surface area contributed by atoms with Crippen molar-refractivity contribution in [1.82, 2.24) is 0 Å². The van der Waals surface area contributed by atoms with E-state index in [1.165, 1.54) is 0 Å². The SMILES string of the molecule is CCC(=O)OC1CC(O)CC(O)C1. The molecule has 1 aliphatic carbocycles. The van der Waals surface area contributed by atoms with E-state index in [0.717, 1.165) is 0 Å². The van der Waals surface area contributed by atoms with Crippen LogP contribution in [0, 0.1) is 0 Å². The van der Waals surface area contributed by atoms with Crippen LogP contribution in [0.3, 0.4) is 0 Å². The Bertz CT molecular complexity index is 170. The van der Waals surface area contributed by atoms with Gasteiger partial charge in [0.2, 0.25) is 0 Å². The molecule has 0 saturated heterocycles. The number of carbonyl (C=O) groups is 1. The van der Waals surface area contributed by atoms with E-state index in [2.05, 4.69) is 0 Å². The Morgan fingerprint density at radius 2 is 1.85 bits per heavy atom. The Labute approximate surface area is 77.5 Å². The summed E-state index contributed by atoms with van der Waals surface area (Å²) in [5, 5.41) is 18.6. The standard InChI is InChI=1S/C9H16O4/c1-2-9(12)13-8-4-6(10)3-7(11)5-8/h6-8,10-11H,2-5H2,1H3. The fourth-order valence-electron chi connectivity index (χ4n) is 1.58. The number of esters is 1. The molecule has 2 unspecified atom stereocenters. The Morgan fingerprint density at radius 1 is 1.31 bits per heavy atom. The second-order valence-electron chi connectivity index (χ2n) is 3.48. The maximum Gasteiger partial charge on any atom is 0.305 e. The van der Waals surface area contributed by atoms with Crippen molar-refractivity contribution in [2.24, 2.45) is 0 Å². The molecule has 1 saturated carbocycles. The first-order valence-corrected chi connectivity index (χ1v) is 4.67. The summed E-state index contributed by atoms with van der Waals surface area (Å²) in [6.45, 7) is 1.72. The predicted octanol–water partition coefficient (Wildman–Crippen LogP) is 0.214. The number of ether oxygens (including phenoxy) is 1. The zero-order chi connectivity index (χ0) is 9.84. The summed E-state index contributed by atoms with van der Waals surface area (Å²) in [4.78, 5) is 10.9. The molecule has 0 aromatic rings. The molecule has 2 atom stereocenters. The minimum Gasteiger partial charge on any atom is -0.462 e. The van der Waals surface area contributed by atoms with Gasteiger partial charge in [-0.05, 0) is 6.42 Å². The summed E-state index contributed by atoms with van der Waals surface area (Å²) < 4.78 is 5.02. The maximum absolute atomic E-state index is 10.9. The van der Waals surface area contributed by atoms with E-state index in [1.807, 2.05) is 0 Å². The molecule has 2 N–H and O–H groups in total. The first-order valence-electron chi connectivity index (χ1n) is 4.67. The molecule has 4 nitrogen and oxygen atoms in total. The highest BCUT2D eigenvalue weighted by Gasteiger charge is 2.28. The first kappa shape index (κ1) is 10.5. The van der Waals surface area contributed by atoms with Crippen LogP contribution in [0.15, 0.2) is 0 Å². The predicted molar refractivity (Wildman–Crippen MR) is 46.0 cm³/mol. The van der Waals surface area contributed by atoms with E-state index in [0.29, 0.717) is 25.7 Å². The molecule has 0 amide bonds. The quantitative estimate of drug-likeness (QED) is 0.608. The van der Waals surface area contributed by atoms with Crippen LogP contribution in [-0.2, 0) is 9.53 Å². The summed E-state index contributed by atoms with van der Waals surface area (Å²) >= 11 is 0. The molecule has 0 radical (unpaired) electrons. The number of hydrogen-bond donors (Lipinski definition) is 2. The normalized spacial score (nSPS) is 34.2. The Hall–Kier alpha value is -0.610. The third-order valence-electron chi connectivity index (χ3n) is 2.20. The van der Waals surface area contributed by atoms with Gasteiger partial charge in [0.25, 0.3) is 0 Å². The van der Waals surface area contributed by atoms with E-state index < -0.39 is 12.2 Å². The van der Waals surface area contributed by atoms with Crippen LogP contribution >= 0.6 is 0 Å². The van der Waals surface area contributed by atoms with E-state index in [1.54, 1.807) is 6.92 Å². The zero-order valence-electron chi connectivity index (χ0n) is 7.77.